The van der Waals surface area contributed by atoms with E-state index in [9.17, 15) is 14.4 Å². The second-order valence-corrected chi connectivity index (χ2v) is 3.80. The smallest absolute Gasteiger partial charge is 0.415 e. The van der Waals surface area contributed by atoms with Gasteiger partial charge in [-0.05, 0) is 19.4 Å². The molecule has 0 aromatic heterocycles. The predicted molar refractivity (Wildman–Crippen MR) is 68.6 cm³/mol. The molecule has 0 aliphatic carbocycles. The Kier molecular flexibility index (Phi) is 5.53. The molecule has 0 fully saturated rings. The highest BCUT2D eigenvalue weighted by Gasteiger charge is 2.18. The maximum atomic E-state index is 11.8. The van der Waals surface area contributed by atoms with Gasteiger partial charge in [-0.15, -0.1) is 0 Å². The number of amides is 4. The van der Waals surface area contributed by atoms with Crippen molar-refractivity contribution in [2.24, 2.45) is 0 Å². The number of nitrogens with one attached hydrogen (secondary N) is 2. The molecular formula is C13H16N2O4. The molecule has 0 saturated heterocycles. The van der Waals surface area contributed by atoms with Gasteiger partial charge in [-0.3, -0.25) is 10.1 Å². The SMILES string of the molecule is CCOC(=O)NC(=O)NC(=O)C(C)c1ccccc1. The number of alkyl carbamates (subject to hydrolysis) is 1. The third-order valence-corrected chi connectivity index (χ3v) is 2.42. The average molecular weight is 264 g/mol. The van der Waals surface area contributed by atoms with Crippen LogP contribution in [0.25, 0.3) is 0 Å². The zero-order valence-electron chi connectivity index (χ0n) is 10.8. The van der Waals surface area contributed by atoms with Crippen molar-refractivity contribution in [3.05, 3.63) is 35.9 Å². The van der Waals surface area contributed by atoms with Crippen LogP contribution in [0.15, 0.2) is 30.3 Å². The van der Waals surface area contributed by atoms with E-state index < -0.39 is 23.9 Å². The standard InChI is InChI=1S/C13H16N2O4/c1-3-19-13(18)15-12(17)14-11(16)9(2)10-7-5-4-6-8-10/h4-9H,3H2,1-2H3,(H2,14,15,16,17,18). The Morgan fingerprint density at radius 3 is 2.37 bits per heavy atom. The van der Waals surface area contributed by atoms with Crippen molar-refractivity contribution >= 4 is 18.0 Å². The van der Waals surface area contributed by atoms with Crippen LogP contribution in [0, 0.1) is 0 Å². The van der Waals surface area contributed by atoms with Crippen LogP contribution in [0.4, 0.5) is 9.59 Å². The summed E-state index contributed by atoms with van der Waals surface area (Å²) in [5.74, 6) is -0.984. The van der Waals surface area contributed by atoms with Gasteiger partial charge in [0.05, 0.1) is 12.5 Å². The molecule has 0 radical (unpaired) electrons. The molecule has 19 heavy (non-hydrogen) atoms. The quantitative estimate of drug-likeness (QED) is 0.871. The van der Waals surface area contributed by atoms with E-state index in [1.807, 2.05) is 11.4 Å². The van der Waals surface area contributed by atoms with Crippen molar-refractivity contribution < 1.29 is 19.1 Å². The van der Waals surface area contributed by atoms with Crippen LogP contribution in [-0.4, -0.2) is 24.6 Å². The van der Waals surface area contributed by atoms with Gasteiger partial charge in [-0.25, -0.2) is 14.9 Å². The summed E-state index contributed by atoms with van der Waals surface area (Å²) in [6, 6.07) is 8.12. The molecule has 1 aromatic rings. The van der Waals surface area contributed by atoms with Crippen LogP contribution < -0.4 is 10.6 Å². The zero-order valence-corrected chi connectivity index (χ0v) is 10.8. The fourth-order valence-corrected chi connectivity index (χ4v) is 1.40. The van der Waals surface area contributed by atoms with Gasteiger partial charge in [0.25, 0.3) is 0 Å². The van der Waals surface area contributed by atoms with E-state index in [0.29, 0.717) is 0 Å². The lowest BCUT2D eigenvalue weighted by molar-refractivity contribution is -0.121. The molecule has 1 atom stereocenters. The van der Waals surface area contributed by atoms with E-state index in [4.69, 9.17) is 0 Å². The Balaban J connectivity index is 2.51. The van der Waals surface area contributed by atoms with Gasteiger partial charge in [0.15, 0.2) is 0 Å². The van der Waals surface area contributed by atoms with Gasteiger partial charge in [0.1, 0.15) is 0 Å². The molecule has 1 unspecified atom stereocenters. The molecule has 0 aliphatic rings. The molecule has 0 saturated carbocycles. The highest BCUT2D eigenvalue weighted by atomic mass is 16.5. The molecule has 0 aliphatic heterocycles. The first-order valence-corrected chi connectivity index (χ1v) is 5.88. The Hall–Kier alpha value is -2.37. The van der Waals surface area contributed by atoms with Gasteiger partial charge in [-0.1, -0.05) is 30.3 Å². The second kappa shape index (κ2) is 7.15. The molecule has 0 heterocycles. The number of urea groups is 1. The molecule has 1 rings (SSSR count). The first-order chi connectivity index (χ1) is 9.04. The number of imide groups is 2. The largest absolute Gasteiger partial charge is 0.450 e. The Morgan fingerprint density at radius 1 is 1.16 bits per heavy atom. The van der Waals surface area contributed by atoms with E-state index in [0.717, 1.165) is 5.56 Å². The molecule has 1 aromatic carbocycles. The molecule has 0 spiro atoms. The lowest BCUT2D eigenvalue weighted by atomic mass is 10.0. The third-order valence-electron chi connectivity index (χ3n) is 2.42. The summed E-state index contributed by atoms with van der Waals surface area (Å²) in [7, 11) is 0. The summed E-state index contributed by atoms with van der Waals surface area (Å²) in [6.07, 6.45) is -0.889. The minimum Gasteiger partial charge on any atom is -0.450 e. The summed E-state index contributed by atoms with van der Waals surface area (Å²) in [4.78, 5) is 34.1. The first kappa shape index (κ1) is 14.7. The van der Waals surface area contributed by atoms with Crippen LogP contribution in [-0.2, 0) is 9.53 Å². The van der Waals surface area contributed by atoms with Crippen molar-refractivity contribution in [3.63, 3.8) is 0 Å². The summed E-state index contributed by atoms with van der Waals surface area (Å²) < 4.78 is 4.52. The first-order valence-electron chi connectivity index (χ1n) is 5.88. The van der Waals surface area contributed by atoms with E-state index in [1.165, 1.54) is 0 Å². The molecule has 6 nitrogen and oxygen atoms in total. The number of hydrogen-bond donors (Lipinski definition) is 2. The van der Waals surface area contributed by atoms with E-state index in [2.05, 4.69) is 10.1 Å². The molecule has 2 N–H and O–H groups in total. The minimum atomic E-state index is -0.897. The summed E-state index contributed by atoms with van der Waals surface area (Å²) in [5, 5.41) is 3.96. The molecule has 6 heteroatoms. The van der Waals surface area contributed by atoms with E-state index in [1.54, 1.807) is 38.1 Å². The van der Waals surface area contributed by atoms with Gasteiger partial charge < -0.3 is 4.74 Å². The zero-order chi connectivity index (χ0) is 14.3. The van der Waals surface area contributed by atoms with Crippen LogP contribution in [0.2, 0.25) is 0 Å². The van der Waals surface area contributed by atoms with Crippen molar-refractivity contribution in [1.29, 1.82) is 0 Å². The van der Waals surface area contributed by atoms with E-state index in [-0.39, 0.29) is 6.61 Å². The highest BCUT2D eigenvalue weighted by molar-refractivity contribution is 6.02. The number of benzene rings is 1. The number of carbonyl (C=O) groups is 3. The highest BCUT2D eigenvalue weighted by Crippen LogP contribution is 2.14. The molecule has 0 bridgehead atoms. The fraction of sp³-hybridized carbons (Fsp3) is 0.308. The van der Waals surface area contributed by atoms with Gasteiger partial charge in [0.2, 0.25) is 5.91 Å². The van der Waals surface area contributed by atoms with Crippen LogP contribution in [0.3, 0.4) is 0 Å². The second-order valence-electron chi connectivity index (χ2n) is 3.80. The number of rotatable bonds is 3. The minimum absolute atomic E-state index is 0.146. The summed E-state index contributed by atoms with van der Waals surface area (Å²) in [6.45, 7) is 3.43. The predicted octanol–water partition coefficient (Wildman–Crippen LogP) is 1.77. The number of carbonyl (C=O) groups excluding carboxylic acids is 3. The number of ether oxygens (including phenoxy) is 1. The van der Waals surface area contributed by atoms with Crippen molar-refractivity contribution in [2.45, 2.75) is 19.8 Å². The van der Waals surface area contributed by atoms with Crippen LogP contribution >= 0.6 is 0 Å². The molecule has 4 amide bonds. The van der Waals surface area contributed by atoms with Gasteiger partial charge in [-0.2, -0.15) is 0 Å². The maximum absolute atomic E-state index is 11.8. The summed E-state index contributed by atoms with van der Waals surface area (Å²) >= 11 is 0. The Bertz CT molecular complexity index is 459. The average Bonchev–Trinajstić information content (AvgIpc) is 2.38. The Morgan fingerprint density at radius 2 is 1.79 bits per heavy atom. The fourth-order valence-electron chi connectivity index (χ4n) is 1.40. The maximum Gasteiger partial charge on any atom is 0.415 e. The van der Waals surface area contributed by atoms with Crippen molar-refractivity contribution in [2.75, 3.05) is 6.61 Å². The lowest BCUT2D eigenvalue weighted by Gasteiger charge is -2.11. The van der Waals surface area contributed by atoms with Crippen molar-refractivity contribution in [1.82, 2.24) is 10.6 Å². The van der Waals surface area contributed by atoms with Crippen molar-refractivity contribution in [3.8, 4) is 0 Å². The summed E-state index contributed by atoms with van der Waals surface area (Å²) in [5.41, 5.74) is 0.781. The van der Waals surface area contributed by atoms with Gasteiger partial charge >= 0.3 is 12.1 Å². The molecule has 102 valence electrons. The number of hydrogen-bond acceptors (Lipinski definition) is 4. The van der Waals surface area contributed by atoms with E-state index >= 15 is 0 Å². The molecular weight excluding hydrogens is 248 g/mol. The lowest BCUT2D eigenvalue weighted by Crippen LogP contribution is -2.44. The van der Waals surface area contributed by atoms with Crippen LogP contribution in [0.1, 0.15) is 25.3 Å². The Labute approximate surface area is 111 Å². The normalized spacial score (nSPS) is 11.3. The monoisotopic (exact) mass is 264 g/mol. The van der Waals surface area contributed by atoms with Crippen LogP contribution in [0.5, 0.6) is 0 Å². The third kappa shape index (κ3) is 4.79. The topological polar surface area (TPSA) is 84.5 Å². The van der Waals surface area contributed by atoms with Gasteiger partial charge in [0, 0.05) is 0 Å².